The van der Waals surface area contributed by atoms with Crippen molar-refractivity contribution in [1.82, 2.24) is 0 Å². The minimum absolute atomic E-state index is 0. The van der Waals surface area contributed by atoms with E-state index in [0.29, 0.717) is 0 Å². The Morgan fingerprint density at radius 3 is 2.00 bits per heavy atom. The van der Waals surface area contributed by atoms with Crippen LogP contribution < -0.4 is 5.90 Å². The van der Waals surface area contributed by atoms with E-state index in [9.17, 15) is 0 Å². The van der Waals surface area contributed by atoms with Crippen LogP contribution in [-0.4, -0.2) is 11.3 Å². The van der Waals surface area contributed by atoms with Gasteiger partial charge < -0.3 is 9.94 Å². The largest absolute Gasteiger partial charge is 0.524 e. The molecule has 0 aromatic carbocycles. The van der Waals surface area contributed by atoms with Gasteiger partial charge in [-0.25, -0.2) is 4.79 Å². The van der Waals surface area contributed by atoms with Gasteiger partial charge in [-0.15, -0.1) is 0 Å². The van der Waals surface area contributed by atoms with Gasteiger partial charge in [0.05, 0.1) is 0 Å². The molecule has 0 aromatic heterocycles. The molecular weight excluding hydrogens is 180 g/mol. The van der Waals surface area contributed by atoms with Gasteiger partial charge in [0.25, 0.3) is 0 Å². The van der Waals surface area contributed by atoms with Gasteiger partial charge in [-0.05, 0) is 0 Å². The Morgan fingerprint density at radius 1 is 1.83 bits per heavy atom. The average molecular weight is 183 g/mol. The van der Waals surface area contributed by atoms with Crippen molar-refractivity contribution < 1.29 is 35.2 Å². The van der Waals surface area contributed by atoms with Crippen molar-refractivity contribution in [3.05, 3.63) is 0 Å². The van der Waals surface area contributed by atoms with Crippen molar-refractivity contribution in [3.8, 4) is 0 Å². The molecule has 0 atom stereocenters. The van der Waals surface area contributed by atoms with E-state index in [1.807, 2.05) is 0 Å². The van der Waals surface area contributed by atoms with Crippen molar-refractivity contribution in [1.29, 1.82) is 0 Å². The van der Waals surface area contributed by atoms with Crippen LogP contribution in [0.25, 0.3) is 0 Å². The minimum atomic E-state index is -1.47. The summed E-state index contributed by atoms with van der Waals surface area (Å²) < 4.78 is 0. The summed E-state index contributed by atoms with van der Waals surface area (Å²) in [5, 5.41) is 7.38. The van der Waals surface area contributed by atoms with E-state index in [4.69, 9.17) is 9.90 Å². The number of carboxylic acid groups (broad SMARTS) is 1. The van der Waals surface area contributed by atoms with Crippen molar-refractivity contribution in [2.75, 3.05) is 0 Å². The van der Waals surface area contributed by atoms with Crippen LogP contribution in [0.5, 0.6) is 0 Å². The molecule has 3 N–H and O–H groups in total. The van der Waals surface area contributed by atoms with Gasteiger partial charge in [0.1, 0.15) is 0 Å². The normalized spacial score (nSPS) is 5.50. The van der Waals surface area contributed by atoms with Crippen molar-refractivity contribution >= 4 is 6.16 Å². The molecular formula is CH3NO3Pd. The predicted molar refractivity (Wildman–Crippen MR) is 13.3 cm³/mol. The number of hydrogen-bond donors (Lipinski definition) is 2. The van der Waals surface area contributed by atoms with Crippen LogP contribution in [0.15, 0.2) is 0 Å². The smallest absolute Gasteiger partial charge is 0.448 e. The number of rotatable bonds is 0. The zero-order chi connectivity index (χ0) is 4.28. The van der Waals surface area contributed by atoms with Crippen LogP contribution in [0.1, 0.15) is 0 Å². The standard InChI is InChI=1S/CH3NO3.Pd/c2-5-1(3)4;/h2H2,(H,3,4);. The molecule has 0 unspecified atom stereocenters. The number of carbonyl (C=O) groups is 1. The molecule has 0 aromatic rings. The fourth-order valence-corrected chi connectivity index (χ4v) is 0. The maximum absolute atomic E-state index is 9.02. The van der Waals surface area contributed by atoms with E-state index in [1.54, 1.807) is 0 Å². The van der Waals surface area contributed by atoms with Gasteiger partial charge in [0, 0.05) is 20.4 Å². The zero-order valence-corrected chi connectivity index (χ0v) is 4.21. The molecule has 4 nitrogen and oxygen atoms in total. The first-order valence-corrected chi connectivity index (χ1v) is 0.868. The molecule has 40 valence electrons. The van der Waals surface area contributed by atoms with Gasteiger partial charge >= 0.3 is 6.16 Å². The Labute approximate surface area is 47.9 Å². The van der Waals surface area contributed by atoms with Gasteiger partial charge in [0.15, 0.2) is 0 Å². The first-order chi connectivity index (χ1) is 2.27. The summed E-state index contributed by atoms with van der Waals surface area (Å²) in [5.74, 6) is 4.07. The number of nitrogens with two attached hydrogens (primary N) is 1. The predicted octanol–water partition coefficient (Wildman–Crippen LogP) is -0.448. The summed E-state index contributed by atoms with van der Waals surface area (Å²) in [6.07, 6.45) is -1.47. The third kappa shape index (κ3) is 9.09. The summed E-state index contributed by atoms with van der Waals surface area (Å²) in [7, 11) is 0. The summed E-state index contributed by atoms with van der Waals surface area (Å²) >= 11 is 0. The Hall–Kier alpha value is -0.108. The molecule has 0 rings (SSSR count). The molecule has 0 saturated heterocycles. The third-order valence-corrected chi connectivity index (χ3v) is 0.101. The second-order valence-corrected chi connectivity index (χ2v) is 0.384. The summed E-state index contributed by atoms with van der Waals surface area (Å²) in [4.78, 5) is 12.2. The van der Waals surface area contributed by atoms with E-state index >= 15 is 0 Å². The molecule has 0 spiro atoms. The molecule has 5 heteroatoms. The Morgan fingerprint density at radius 2 is 2.00 bits per heavy atom. The SMILES string of the molecule is NOC(=O)O.[Pd]. The monoisotopic (exact) mass is 183 g/mol. The first kappa shape index (κ1) is 9.31. The van der Waals surface area contributed by atoms with Crippen molar-refractivity contribution in [3.63, 3.8) is 0 Å². The van der Waals surface area contributed by atoms with Crippen molar-refractivity contribution in [2.45, 2.75) is 0 Å². The van der Waals surface area contributed by atoms with E-state index in [-0.39, 0.29) is 20.4 Å². The molecule has 0 saturated carbocycles. The number of hydrogen-bond acceptors (Lipinski definition) is 3. The van der Waals surface area contributed by atoms with Crippen LogP contribution in [0.4, 0.5) is 4.79 Å². The van der Waals surface area contributed by atoms with E-state index in [1.165, 1.54) is 0 Å². The molecule has 0 radical (unpaired) electrons. The maximum atomic E-state index is 9.02. The Kier molecular flexibility index (Phi) is 7.59. The molecule has 0 heterocycles. The molecule has 0 aliphatic carbocycles. The van der Waals surface area contributed by atoms with E-state index < -0.39 is 6.16 Å². The Bertz CT molecular complexity index is 46.1. The van der Waals surface area contributed by atoms with Gasteiger partial charge in [-0.1, -0.05) is 0 Å². The molecule has 0 bridgehead atoms. The summed E-state index contributed by atoms with van der Waals surface area (Å²) in [6, 6.07) is 0. The van der Waals surface area contributed by atoms with Crippen LogP contribution in [-0.2, 0) is 25.3 Å². The van der Waals surface area contributed by atoms with Crippen LogP contribution in [0.2, 0.25) is 0 Å². The molecule has 0 amide bonds. The van der Waals surface area contributed by atoms with E-state index in [2.05, 4.69) is 10.7 Å². The summed E-state index contributed by atoms with van der Waals surface area (Å²) in [5.41, 5.74) is 0. The van der Waals surface area contributed by atoms with Crippen molar-refractivity contribution in [2.24, 2.45) is 5.90 Å². The van der Waals surface area contributed by atoms with Gasteiger partial charge in [-0.3, -0.25) is 0 Å². The first-order valence-electron chi connectivity index (χ1n) is 0.868. The van der Waals surface area contributed by atoms with Gasteiger partial charge in [-0.2, -0.15) is 5.90 Å². The molecule has 0 aliphatic heterocycles. The third-order valence-electron chi connectivity index (χ3n) is 0.101. The Balaban J connectivity index is 0. The maximum Gasteiger partial charge on any atom is 0.524 e. The van der Waals surface area contributed by atoms with E-state index in [0.717, 1.165) is 0 Å². The zero-order valence-electron chi connectivity index (χ0n) is 2.66. The topological polar surface area (TPSA) is 72.5 Å². The second-order valence-electron chi connectivity index (χ2n) is 0.384. The quantitative estimate of drug-likeness (QED) is 0.394. The fraction of sp³-hybridized carbons (Fsp3) is 0. The van der Waals surface area contributed by atoms with Gasteiger partial charge in [0.2, 0.25) is 0 Å². The second kappa shape index (κ2) is 4.89. The van der Waals surface area contributed by atoms with Crippen LogP contribution in [0.3, 0.4) is 0 Å². The minimum Gasteiger partial charge on any atom is -0.448 e. The van der Waals surface area contributed by atoms with Crippen LogP contribution >= 0.6 is 0 Å². The molecule has 0 fully saturated rings. The van der Waals surface area contributed by atoms with Crippen LogP contribution in [0, 0.1) is 0 Å². The summed E-state index contributed by atoms with van der Waals surface area (Å²) in [6.45, 7) is 0. The average Bonchev–Trinajstić information content (AvgIpc) is 1.38. The molecule has 6 heavy (non-hydrogen) atoms. The molecule has 0 aliphatic rings. The fourth-order valence-electron chi connectivity index (χ4n) is 0.